The molecule has 25 heavy (non-hydrogen) atoms. The third-order valence-corrected chi connectivity index (χ3v) is 4.44. The van der Waals surface area contributed by atoms with E-state index in [1.165, 1.54) is 0 Å². The SMILES string of the molecule is CCCn1c(=O)c(-c2cc(C)n(C)n2)cc2cc(OC)c(OC)cc21. The first kappa shape index (κ1) is 17.1. The van der Waals surface area contributed by atoms with Crippen LogP contribution in [-0.2, 0) is 13.6 Å². The zero-order valence-electron chi connectivity index (χ0n) is 15.3. The maximum Gasteiger partial charge on any atom is 0.260 e. The highest BCUT2D eigenvalue weighted by Gasteiger charge is 2.16. The van der Waals surface area contributed by atoms with Gasteiger partial charge in [-0.2, -0.15) is 5.10 Å². The number of aromatic nitrogens is 3. The number of ether oxygens (including phenoxy) is 2. The lowest BCUT2D eigenvalue weighted by atomic mass is 10.1. The van der Waals surface area contributed by atoms with Crippen LogP contribution in [-0.4, -0.2) is 28.6 Å². The molecule has 6 heteroatoms. The molecular weight excluding hydrogens is 318 g/mol. The summed E-state index contributed by atoms with van der Waals surface area (Å²) < 4.78 is 14.4. The van der Waals surface area contributed by atoms with Crippen LogP contribution >= 0.6 is 0 Å². The normalized spacial score (nSPS) is 11.1. The van der Waals surface area contributed by atoms with Crippen LogP contribution in [0, 0.1) is 6.92 Å². The Balaban J connectivity index is 2.36. The van der Waals surface area contributed by atoms with Crippen LogP contribution < -0.4 is 15.0 Å². The van der Waals surface area contributed by atoms with Gasteiger partial charge in [-0.25, -0.2) is 0 Å². The zero-order valence-corrected chi connectivity index (χ0v) is 15.3. The minimum Gasteiger partial charge on any atom is -0.493 e. The first-order valence-electron chi connectivity index (χ1n) is 8.30. The second-order valence-electron chi connectivity index (χ2n) is 6.08. The van der Waals surface area contributed by atoms with E-state index in [0.29, 0.717) is 29.3 Å². The second-order valence-corrected chi connectivity index (χ2v) is 6.08. The van der Waals surface area contributed by atoms with Gasteiger partial charge < -0.3 is 14.0 Å². The van der Waals surface area contributed by atoms with Crippen LogP contribution in [0.3, 0.4) is 0 Å². The monoisotopic (exact) mass is 341 g/mol. The van der Waals surface area contributed by atoms with Gasteiger partial charge in [-0.3, -0.25) is 9.48 Å². The van der Waals surface area contributed by atoms with E-state index in [-0.39, 0.29) is 5.56 Å². The van der Waals surface area contributed by atoms with E-state index in [1.807, 2.05) is 38.2 Å². The van der Waals surface area contributed by atoms with Gasteiger partial charge in [-0.1, -0.05) is 6.92 Å². The van der Waals surface area contributed by atoms with Gasteiger partial charge in [-0.05, 0) is 31.5 Å². The molecule has 0 saturated carbocycles. The van der Waals surface area contributed by atoms with Crippen LogP contribution in [0.2, 0.25) is 0 Å². The molecule has 0 atom stereocenters. The Morgan fingerprint density at radius 2 is 1.76 bits per heavy atom. The van der Waals surface area contributed by atoms with Gasteiger partial charge in [0.15, 0.2) is 11.5 Å². The smallest absolute Gasteiger partial charge is 0.260 e. The zero-order chi connectivity index (χ0) is 18.1. The van der Waals surface area contributed by atoms with Gasteiger partial charge in [0.05, 0.1) is 31.0 Å². The van der Waals surface area contributed by atoms with Crippen LogP contribution in [0.4, 0.5) is 0 Å². The second kappa shape index (κ2) is 6.63. The molecule has 0 radical (unpaired) electrons. The number of fused-ring (bicyclic) bond motifs is 1. The van der Waals surface area contributed by atoms with Gasteiger partial charge in [0, 0.05) is 30.7 Å². The number of nitrogens with zero attached hydrogens (tertiary/aromatic N) is 3. The first-order valence-corrected chi connectivity index (χ1v) is 8.30. The first-order chi connectivity index (χ1) is 12.0. The van der Waals surface area contributed by atoms with E-state index >= 15 is 0 Å². The lowest BCUT2D eigenvalue weighted by Gasteiger charge is -2.15. The number of hydrogen-bond acceptors (Lipinski definition) is 4. The fourth-order valence-electron chi connectivity index (χ4n) is 3.03. The molecule has 0 amide bonds. The Hall–Kier alpha value is -2.76. The summed E-state index contributed by atoms with van der Waals surface area (Å²) in [6.07, 6.45) is 0.855. The fraction of sp³-hybridized carbons (Fsp3) is 0.368. The summed E-state index contributed by atoms with van der Waals surface area (Å²) in [7, 11) is 5.07. The molecule has 2 heterocycles. The van der Waals surface area contributed by atoms with Gasteiger partial charge >= 0.3 is 0 Å². The average Bonchev–Trinajstić information content (AvgIpc) is 2.94. The number of pyridine rings is 1. The van der Waals surface area contributed by atoms with Crippen molar-refractivity contribution in [1.29, 1.82) is 0 Å². The van der Waals surface area contributed by atoms with Crippen molar-refractivity contribution >= 4 is 10.9 Å². The quantitative estimate of drug-likeness (QED) is 0.715. The summed E-state index contributed by atoms with van der Waals surface area (Å²) >= 11 is 0. The van der Waals surface area contributed by atoms with Crippen LogP contribution in [0.25, 0.3) is 22.2 Å². The summed E-state index contributed by atoms with van der Waals surface area (Å²) in [6, 6.07) is 7.57. The van der Waals surface area contributed by atoms with E-state index in [0.717, 1.165) is 23.0 Å². The average molecular weight is 341 g/mol. The molecule has 0 spiro atoms. The van der Waals surface area contributed by atoms with Crippen LogP contribution in [0.15, 0.2) is 29.1 Å². The van der Waals surface area contributed by atoms with E-state index in [4.69, 9.17) is 9.47 Å². The lowest BCUT2D eigenvalue weighted by molar-refractivity contribution is 0.355. The minimum absolute atomic E-state index is 0.0420. The Morgan fingerprint density at radius 1 is 1.08 bits per heavy atom. The summed E-state index contributed by atoms with van der Waals surface area (Å²) in [5.41, 5.74) is 3.08. The number of methoxy groups -OCH3 is 2. The third-order valence-electron chi connectivity index (χ3n) is 4.44. The predicted octanol–water partition coefficient (Wildman–Crippen LogP) is 3.14. The largest absolute Gasteiger partial charge is 0.493 e. The van der Waals surface area contributed by atoms with Gasteiger partial charge in [0.1, 0.15) is 0 Å². The minimum atomic E-state index is -0.0420. The topological polar surface area (TPSA) is 58.3 Å². The van der Waals surface area contributed by atoms with Crippen molar-refractivity contribution in [2.45, 2.75) is 26.8 Å². The molecule has 3 aromatic rings. The molecule has 0 unspecified atom stereocenters. The van der Waals surface area contributed by atoms with Crippen molar-refractivity contribution in [3.8, 4) is 22.8 Å². The van der Waals surface area contributed by atoms with Crippen molar-refractivity contribution in [2.75, 3.05) is 14.2 Å². The molecule has 132 valence electrons. The highest BCUT2D eigenvalue weighted by Crippen LogP contribution is 2.33. The Labute approximate surface area is 146 Å². The molecule has 0 bridgehead atoms. The van der Waals surface area contributed by atoms with Crippen molar-refractivity contribution < 1.29 is 9.47 Å². The van der Waals surface area contributed by atoms with E-state index in [9.17, 15) is 4.79 Å². The number of aryl methyl sites for hydroxylation is 3. The third kappa shape index (κ3) is 2.88. The fourth-order valence-corrected chi connectivity index (χ4v) is 3.03. The Kier molecular flexibility index (Phi) is 4.53. The Bertz CT molecular complexity index is 966. The van der Waals surface area contributed by atoms with Crippen molar-refractivity contribution in [1.82, 2.24) is 14.3 Å². The van der Waals surface area contributed by atoms with Gasteiger partial charge in [0.2, 0.25) is 0 Å². The molecule has 2 aromatic heterocycles. The van der Waals surface area contributed by atoms with E-state index in [2.05, 4.69) is 12.0 Å². The van der Waals surface area contributed by atoms with E-state index < -0.39 is 0 Å². The summed E-state index contributed by atoms with van der Waals surface area (Å²) in [5, 5.41) is 5.39. The summed E-state index contributed by atoms with van der Waals surface area (Å²) in [4.78, 5) is 13.1. The van der Waals surface area contributed by atoms with Crippen molar-refractivity contribution in [2.24, 2.45) is 7.05 Å². The number of hydrogen-bond donors (Lipinski definition) is 0. The molecule has 0 aliphatic heterocycles. The molecule has 0 N–H and O–H groups in total. The maximum atomic E-state index is 13.1. The molecule has 0 fully saturated rings. The molecule has 3 rings (SSSR count). The summed E-state index contributed by atoms with van der Waals surface area (Å²) in [5.74, 6) is 1.25. The number of benzene rings is 1. The van der Waals surface area contributed by atoms with E-state index in [1.54, 1.807) is 23.5 Å². The summed E-state index contributed by atoms with van der Waals surface area (Å²) in [6.45, 7) is 4.65. The standard InChI is InChI=1S/C19H23N3O3/c1-6-7-22-16-11-18(25-5)17(24-4)10-13(16)9-14(19(22)23)15-8-12(2)21(3)20-15/h8-11H,6-7H2,1-5H3. The van der Waals surface area contributed by atoms with Crippen molar-refractivity contribution in [3.63, 3.8) is 0 Å². The molecule has 0 aliphatic rings. The number of rotatable bonds is 5. The van der Waals surface area contributed by atoms with Crippen molar-refractivity contribution in [3.05, 3.63) is 40.3 Å². The highest BCUT2D eigenvalue weighted by molar-refractivity contribution is 5.86. The maximum absolute atomic E-state index is 13.1. The van der Waals surface area contributed by atoms with Crippen LogP contribution in [0.1, 0.15) is 19.0 Å². The van der Waals surface area contributed by atoms with Gasteiger partial charge in [0.25, 0.3) is 5.56 Å². The highest BCUT2D eigenvalue weighted by atomic mass is 16.5. The Morgan fingerprint density at radius 3 is 2.32 bits per heavy atom. The molecule has 6 nitrogen and oxygen atoms in total. The molecular formula is C19H23N3O3. The van der Waals surface area contributed by atoms with Crippen LogP contribution in [0.5, 0.6) is 11.5 Å². The predicted molar refractivity (Wildman–Crippen MR) is 98.5 cm³/mol. The lowest BCUT2D eigenvalue weighted by Crippen LogP contribution is -2.22. The molecule has 0 aliphatic carbocycles. The van der Waals surface area contributed by atoms with Gasteiger partial charge in [-0.15, -0.1) is 0 Å². The molecule has 1 aromatic carbocycles. The molecule has 0 saturated heterocycles.